The zero-order valence-corrected chi connectivity index (χ0v) is 12.2. The van der Waals surface area contributed by atoms with E-state index < -0.39 is 5.97 Å². The number of rotatable bonds is 3. The number of carboxylic acid groups (broad SMARTS) is 1. The normalized spacial score (nSPS) is 10.9. The summed E-state index contributed by atoms with van der Waals surface area (Å²) < 4.78 is 6.95. The van der Waals surface area contributed by atoms with Crippen LogP contribution in [0.25, 0.3) is 10.8 Å². The Morgan fingerprint density at radius 3 is 2.57 bits per heavy atom. The Hall–Kier alpha value is -2.41. The fraction of sp³-hybridized carbons (Fsp3) is 0.0714. The minimum absolute atomic E-state index is 0.0650. The van der Waals surface area contributed by atoms with Gasteiger partial charge in [0.15, 0.2) is 10.4 Å². The third-order valence-corrected chi connectivity index (χ3v) is 3.43. The van der Waals surface area contributed by atoms with Crippen LogP contribution in [0.2, 0.25) is 0 Å². The van der Waals surface area contributed by atoms with Crippen LogP contribution in [0.5, 0.6) is 0 Å². The summed E-state index contributed by atoms with van der Waals surface area (Å²) in [4.78, 5) is 23.7. The van der Waals surface area contributed by atoms with E-state index in [0.717, 1.165) is 4.68 Å². The summed E-state index contributed by atoms with van der Waals surface area (Å²) in [6.45, 7) is 0.0650. The summed E-state index contributed by atoms with van der Waals surface area (Å²) in [5, 5.41) is 13.8. The molecule has 0 aliphatic heterocycles. The van der Waals surface area contributed by atoms with Crippen molar-refractivity contribution in [3.63, 3.8) is 0 Å². The van der Waals surface area contributed by atoms with Crippen LogP contribution in [0, 0.1) is 0 Å². The number of aromatic nitrogens is 2. The van der Waals surface area contributed by atoms with E-state index in [1.165, 1.54) is 0 Å². The number of benzene rings is 1. The Morgan fingerprint density at radius 2 is 1.95 bits per heavy atom. The highest BCUT2D eigenvalue weighted by Crippen LogP contribution is 2.16. The average Bonchev–Trinajstić information content (AvgIpc) is 2.87. The molecule has 0 spiro atoms. The molecular weight excluding hydrogens is 340 g/mol. The van der Waals surface area contributed by atoms with Crippen molar-refractivity contribution in [2.75, 3.05) is 0 Å². The quantitative estimate of drug-likeness (QED) is 0.785. The van der Waals surface area contributed by atoms with Crippen molar-refractivity contribution >= 4 is 32.7 Å². The molecule has 3 rings (SSSR count). The van der Waals surface area contributed by atoms with Crippen LogP contribution in [0.15, 0.2) is 50.3 Å². The topological polar surface area (TPSA) is 85.3 Å². The SMILES string of the molecule is O=C(O)c1nn(Cc2ccc(Br)o2)c(=O)c2ccccc12. The summed E-state index contributed by atoms with van der Waals surface area (Å²) in [5.41, 5.74) is -0.515. The van der Waals surface area contributed by atoms with E-state index in [9.17, 15) is 14.7 Å². The van der Waals surface area contributed by atoms with Gasteiger partial charge in [-0.25, -0.2) is 9.48 Å². The zero-order valence-electron chi connectivity index (χ0n) is 10.6. The van der Waals surface area contributed by atoms with Gasteiger partial charge < -0.3 is 9.52 Å². The number of aromatic carboxylic acids is 1. The lowest BCUT2D eigenvalue weighted by atomic mass is 10.1. The first kappa shape index (κ1) is 13.6. The predicted octanol–water partition coefficient (Wildman–Crippen LogP) is 2.50. The summed E-state index contributed by atoms with van der Waals surface area (Å²) in [6, 6.07) is 9.89. The highest BCUT2D eigenvalue weighted by molar-refractivity contribution is 9.10. The number of hydrogen-bond donors (Lipinski definition) is 1. The molecule has 0 saturated carbocycles. The van der Waals surface area contributed by atoms with Gasteiger partial charge >= 0.3 is 5.97 Å². The Kier molecular flexibility index (Phi) is 3.34. The van der Waals surface area contributed by atoms with Crippen LogP contribution in [0.4, 0.5) is 0 Å². The monoisotopic (exact) mass is 348 g/mol. The largest absolute Gasteiger partial charge is 0.476 e. The van der Waals surface area contributed by atoms with Crippen LogP contribution in [0.1, 0.15) is 16.2 Å². The fourth-order valence-corrected chi connectivity index (χ4v) is 2.42. The zero-order chi connectivity index (χ0) is 15.0. The third-order valence-electron chi connectivity index (χ3n) is 3.00. The molecule has 0 bridgehead atoms. The van der Waals surface area contributed by atoms with Gasteiger partial charge in [-0.15, -0.1) is 0 Å². The van der Waals surface area contributed by atoms with Gasteiger partial charge in [0.1, 0.15) is 12.3 Å². The lowest BCUT2D eigenvalue weighted by molar-refractivity contribution is 0.0690. The van der Waals surface area contributed by atoms with Gasteiger partial charge in [0.2, 0.25) is 0 Å². The molecule has 0 saturated heterocycles. The van der Waals surface area contributed by atoms with Gasteiger partial charge in [0.05, 0.1) is 5.39 Å². The van der Waals surface area contributed by atoms with Crippen molar-refractivity contribution in [2.45, 2.75) is 6.54 Å². The van der Waals surface area contributed by atoms with E-state index in [0.29, 0.717) is 21.2 Å². The minimum atomic E-state index is -1.18. The predicted molar refractivity (Wildman–Crippen MR) is 78.5 cm³/mol. The van der Waals surface area contributed by atoms with E-state index in [1.54, 1.807) is 36.4 Å². The summed E-state index contributed by atoms with van der Waals surface area (Å²) >= 11 is 3.17. The molecule has 0 amide bonds. The fourth-order valence-electron chi connectivity index (χ4n) is 2.08. The average molecular weight is 349 g/mol. The van der Waals surface area contributed by atoms with E-state index in [2.05, 4.69) is 21.0 Å². The molecule has 2 heterocycles. The molecular formula is C14H9BrN2O4. The van der Waals surface area contributed by atoms with E-state index in [1.807, 2.05) is 0 Å². The molecule has 21 heavy (non-hydrogen) atoms. The van der Waals surface area contributed by atoms with Crippen molar-refractivity contribution in [1.29, 1.82) is 0 Å². The van der Waals surface area contributed by atoms with E-state index in [-0.39, 0.29) is 17.8 Å². The summed E-state index contributed by atoms with van der Waals surface area (Å²) in [7, 11) is 0. The smallest absolute Gasteiger partial charge is 0.357 e. The van der Waals surface area contributed by atoms with E-state index in [4.69, 9.17) is 4.42 Å². The molecule has 7 heteroatoms. The molecule has 0 radical (unpaired) electrons. The second-order valence-corrected chi connectivity index (χ2v) is 5.15. The highest BCUT2D eigenvalue weighted by atomic mass is 79.9. The van der Waals surface area contributed by atoms with Crippen LogP contribution in [-0.2, 0) is 6.54 Å². The number of carbonyl (C=O) groups is 1. The van der Waals surface area contributed by atoms with Crippen molar-refractivity contribution in [1.82, 2.24) is 9.78 Å². The maximum absolute atomic E-state index is 12.4. The number of fused-ring (bicyclic) bond motifs is 1. The minimum Gasteiger partial charge on any atom is -0.476 e. The molecule has 106 valence electrons. The van der Waals surface area contributed by atoms with Gasteiger partial charge in [0.25, 0.3) is 5.56 Å². The first-order valence-corrected chi connectivity index (χ1v) is 6.83. The Bertz CT molecular complexity index is 897. The molecule has 2 aromatic heterocycles. The molecule has 0 unspecified atom stereocenters. The van der Waals surface area contributed by atoms with Crippen LogP contribution in [-0.4, -0.2) is 20.9 Å². The van der Waals surface area contributed by atoms with Crippen LogP contribution < -0.4 is 5.56 Å². The molecule has 0 fully saturated rings. The first-order valence-electron chi connectivity index (χ1n) is 6.03. The van der Waals surface area contributed by atoms with E-state index >= 15 is 0 Å². The Morgan fingerprint density at radius 1 is 1.24 bits per heavy atom. The second kappa shape index (κ2) is 5.17. The Labute approximate surface area is 126 Å². The van der Waals surface area contributed by atoms with Crippen LogP contribution >= 0.6 is 15.9 Å². The maximum atomic E-state index is 12.4. The highest BCUT2D eigenvalue weighted by Gasteiger charge is 2.16. The van der Waals surface area contributed by atoms with Crippen molar-refractivity contribution in [3.8, 4) is 0 Å². The van der Waals surface area contributed by atoms with Crippen molar-refractivity contribution in [2.24, 2.45) is 0 Å². The third kappa shape index (κ3) is 2.47. The van der Waals surface area contributed by atoms with Gasteiger partial charge in [-0.05, 0) is 34.1 Å². The summed E-state index contributed by atoms with van der Waals surface area (Å²) in [6.07, 6.45) is 0. The van der Waals surface area contributed by atoms with Crippen molar-refractivity contribution in [3.05, 3.63) is 62.9 Å². The lowest BCUT2D eigenvalue weighted by Crippen LogP contribution is -2.26. The number of hydrogen-bond acceptors (Lipinski definition) is 4. The standard InChI is InChI=1S/C14H9BrN2O4/c15-11-6-5-8(21-11)7-17-13(18)10-4-2-1-3-9(10)12(16-17)14(19)20/h1-6H,7H2,(H,19,20). The molecule has 1 N–H and O–H groups in total. The van der Waals surface area contributed by atoms with Gasteiger partial charge in [-0.1, -0.05) is 18.2 Å². The molecule has 1 aromatic carbocycles. The number of halogens is 1. The number of furan rings is 1. The molecule has 6 nitrogen and oxygen atoms in total. The van der Waals surface area contributed by atoms with Gasteiger partial charge in [-0.2, -0.15) is 5.10 Å². The van der Waals surface area contributed by atoms with Crippen LogP contribution in [0.3, 0.4) is 0 Å². The first-order chi connectivity index (χ1) is 10.1. The molecule has 3 aromatic rings. The lowest BCUT2D eigenvalue weighted by Gasteiger charge is -2.07. The Balaban J connectivity index is 2.21. The van der Waals surface area contributed by atoms with Gasteiger partial charge in [-0.3, -0.25) is 4.79 Å². The molecule has 0 aliphatic rings. The molecule has 0 atom stereocenters. The molecule has 0 aliphatic carbocycles. The van der Waals surface area contributed by atoms with Crippen molar-refractivity contribution < 1.29 is 14.3 Å². The maximum Gasteiger partial charge on any atom is 0.357 e. The summed E-state index contributed by atoms with van der Waals surface area (Å²) in [5.74, 6) is -0.677. The number of nitrogens with zero attached hydrogens (tertiary/aromatic N) is 2. The number of carboxylic acids is 1. The van der Waals surface area contributed by atoms with Gasteiger partial charge in [0, 0.05) is 5.39 Å². The second-order valence-electron chi connectivity index (χ2n) is 4.37.